The molecule has 96 valence electrons. The molecule has 0 aliphatic carbocycles. The second-order valence-corrected chi connectivity index (χ2v) is 5.32. The average molecular weight is 261 g/mol. The Morgan fingerprint density at radius 1 is 1.53 bits per heavy atom. The fourth-order valence-corrected chi connectivity index (χ4v) is 2.26. The lowest BCUT2D eigenvalue weighted by Crippen LogP contribution is -2.25. The highest BCUT2D eigenvalue weighted by Gasteiger charge is 2.15. The van der Waals surface area contributed by atoms with E-state index in [0.29, 0.717) is 18.7 Å². The number of rotatable bonds is 7. The van der Waals surface area contributed by atoms with Gasteiger partial charge in [-0.15, -0.1) is 0 Å². The number of nitrogens with zero attached hydrogens (tertiary/aromatic N) is 1. The van der Waals surface area contributed by atoms with Gasteiger partial charge in [-0.25, -0.2) is 18.1 Å². The Labute approximate surface area is 99.3 Å². The zero-order valence-corrected chi connectivity index (χ0v) is 10.2. The van der Waals surface area contributed by atoms with Gasteiger partial charge >= 0.3 is 5.97 Å². The third-order valence-electron chi connectivity index (χ3n) is 2.08. The number of carboxylic acid groups (broad SMARTS) is 1. The number of sulfonamides is 1. The van der Waals surface area contributed by atoms with Crippen LogP contribution in [0.2, 0.25) is 0 Å². The van der Waals surface area contributed by atoms with Crippen molar-refractivity contribution < 1.29 is 18.3 Å². The first-order valence-corrected chi connectivity index (χ1v) is 6.63. The quantitative estimate of drug-likeness (QED) is 0.609. The summed E-state index contributed by atoms with van der Waals surface area (Å²) >= 11 is 0. The fourth-order valence-electron chi connectivity index (χ4n) is 1.22. The van der Waals surface area contributed by atoms with Crippen LogP contribution in [0.4, 0.5) is 0 Å². The molecule has 0 aromatic carbocycles. The van der Waals surface area contributed by atoms with E-state index in [1.165, 1.54) is 6.20 Å². The molecule has 0 aliphatic heterocycles. The smallest absolute Gasteiger partial charge is 0.303 e. The van der Waals surface area contributed by atoms with Crippen LogP contribution in [0.3, 0.4) is 0 Å². The number of hydrogen-bond donors (Lipinski definition) is 3. The number of hydrogen-bond acceptors (Lipinski definition) is 4. The molecule has 17 heavy (non-hydrogen) atoms. The predicted octanol–water partition coefficient (Wildman–Crippen LogP) is 0.251. The summed E-state index contributed by atoms with van der Waals surface area (Å²) in [6.07, 6.45) is 2.22. The van der Waals surface area contributed by atoms with Gasteiger partial charge in [0.1, 0.15) is 5.82 Å². The highest BCUT2D eigenvalue weighted by atomic mass is 32.2. The summed E-state index contributed by atoms with van der Waals surface area (Å²) in [5.41, 5.74) is 0. The van der Waals surface area contributed by atoms with Crippen LogP contribution in [0.25, 0.3) is 0 Å². The highest BCUT2D eigenvalue weighted by molar-refractivity contribution is 7.89. The van der Waals surface area contributed by atoms with Gasteiger partial charge in [-0.1, -0.05) is 0 Å². The molecule has 8 heteroatoms. The zero-order chi connectivity index (χ0) is 12.9. The lowest BCUT2D eigenvalue weighted by molar-refractivity contribution is -0.137. The molecule has 1 aromatic rings. The summed E-state index contributed by atoms with van der Waals surface area (Å²) in [7, 11) is -3.56. The molecule has 1 heterocycles. The maximum absolute atomic E-state index is 11.6. The molecule has 0 bridgehead atoms. The van der Waals surface area contributed by atoms with Gasteiger partial charge in [0.25, 0.3) is 10.0 Å². The average Bonchev–Trinajstić information content (AvgIpc) is 2.64. The van der Waals surface area contributed by atoms with Crippen LogP contribution >= 0.6 is 0 Å². The molecule has 0 spiro atoms. The molecule has 0 saturated carbocycles. The minimum atomic E-state index is -3.56. The van der Waals surface area contributed by atoms with Gasteiger partial charge in [0.15, 0.2) is 5.03 Å². The molecule has 3 N–H and O–H groups in total. The van der Waals surface area contributed by atoms with Crippen LogP contribution in [0.1, 0.15) is 25.1 Å². The number of aryl methyl sites for hydroxylation is 1. The third kappa shape index (κ3) is 4.53. The number of aromatic nitrogens is 2. The van der Waals surface area contributed by atoms with E-state index in [1.54, 1.807) is 6.92 Å². The first-order chi connectivity index (χ1) is 7.92. The van der Waals surface area contributed by atoms with Gasteiger partial charge < -0.3 is 10.1 Å². The maximum atomic E-state index is 11.6. The van der Waals surface area contributed by atoms with Crippen molar-refractivity contribution in [3.8, 4) is 0 Å². The zero-order valence-electron chi connectivity index (χ0n) is 9.43. The van der Waals surface area contributed by atoms with E-state index in [9.17, 15) is 13.2 Å². The molecular formula is C9H15N3O4S. The van der Waals surface area contributed by atoms with Gasteiger partial charge in [-0.3, -0.25) is 4.79 Å². The molecule has 0 radical (unpaired) electrons. The van der Waals surface area contributed by atoms with E-state index < -0.39 is 16.0 Å². The SMILES string of the molecule is Cc1ncc(S(=O)(=O)NCCCCC(=O)O)[nH]1. The summed E-state index contributed by atoms with van der Waals surface area (Å²) in [6.45, 7) is 1.87. The number of aliphatic carboxylic acids is 1. The number of aromatic amines is 1. The molecular weight excluding hydrogens is 246 g/mol. The number of unbranched alkanes of at least 4 members (excludes halogenated alkanes) is 1. The van der Waals surface area contributed by atoms with E-state index >= 15 is 0 Å². The minimum absolute atomic E-state index is 0.0215. The second kappa shape index (κ2) is 5.78. The van der Waals surface area contributed by atoms with Gasteiger partial charge in [0.05, 0.1) is 6.20 Å². The van der Waals surface area contributed by atoms with Crippen molar-refractivity contribution in [2.24, 2.45) is 0 Å². The summed E-state index contributed by atoms with van der Waals surface area (Å²) < 4.78 is 25.7. The number of carboxylic acids is 1. The lowest BCUT2D eigenvalue weighted by Gasteiger charge is -2.03. The molecule has 0 amide bonds. The predicted molar refractivity (Wildman–Crippen MR) is 60.0 cm³/mol. The van der Waals surface area contributed by atoms with Crippen LogP contribution < -0.4 is 4.72 Å². The minimum Gasteiger partial charge on any atom is -0.481 e. The highest BCUT2D eigenvalue weighted by Crippen LogP contribution is 2.04. The largest absolute Gasteiger partial charge is 0.481 e. The molecule has 0 aliphatic rings. The monoisotopic (exact) mass is 261 g/mol. The van der Waals surface area contributed by atoms with E-state index in [1.807, 2.05) is 0 Å². The Balaban J connectivity index is 2.38. The number of H-pyrrole nitrogens is 1. The normalized spacial score (nSPS) is 11.6. The summed E-state index contributed by atoms with van der Waals surface area (Å²) in [4.78, 5) is 16.6. The lowest BCUT2D eigenvalue weighted by atomic mass is 10.2. The van der Waals surface area contributed by atoms with Crippen molar-refractivity contribution in [1.82, 2.24) is 14.7 Å². The Hall–Kier alpha value is -1.41. The summed E-state index contributed by atoms with van der Waals surface area (Å²) in [5, 5.41) is 8.42. The van der Waals surface area contributed by atoms with Crippen LogP contribution in [-0.2, 0) is 14.8 Å². The molecule has 7 nitrogen and oxygen atoms in total. The second-order valence-electron chi connectivity index (χ2n) is 3.58. The van der Waals surface area contributed by atoms with Crippen molar-refractivity contribution in [2.45, 2.75) is 31.2 Å². The standard InChI is InChI=1S/C9H15N3O4S/c1-7-10-6-8(12-7)17(15,16)11-5-3-2-4-9(13)14/h6,11H,2-5H2,1H3,(H,10,12)(H,13,14). The van der Waals surface area contributed by atoms with Crippen LogP contribution in [0.5, 0.6) is 0 Å². The molecule has 1 aromatic heterocycles. The molecule has 1 rings (SSSR count). The summed E-state index contributed by atoms with van der Waals surface area (Å²) in [6, 6.07) is 0. The van der Waals surface area contributed by atoms with Gasteiger partial charge in [0.2, 0.25) is 0 Å². The first-order valence-electron chi connectivity index (χ1n) is 5.15. The van der Waals surface area contributed by atoms with Crippen LogP contribution in [0.15, 0.2) is 11.2 Å². The third-order valence-corrected chi connectivity index (χ3v) is 3.45. The van der Waals surface area contributed by atoms with E-state index in [-0.39, 0.29) is 18.0 Å². The Bertz CT molecular complexity index is 480. The Morgan fingerprint density at radius 2 is 2.24 bits per heavy atom. The number of nitrogens with one attached hydrogen (secondary N) is 2. The summed E-state index contributed by atoms with van der Waals surface area (Å²) in [5.74, 6) is -0.353. The van der Waals surface area contributed by atoms with Gasteiger partial charge in [-0.2, -0.15) is 0 Å². The molecule has 0 unspecified atom stereocenters. The van der Waals surface area contributed by atoms with Crippen molar-refractivity contribution in [1.29, 1.82) is 0 Å². The van der Waals surface area contributed by atoms with Crippen LogP contribution in [-0.4, -0.2) is 36.0 Å². The van der Waals surface area contributed by atoms with Gasteiger partial charge in [-0.05, 0) is 19.8 Å². The Morgan fingerprint density at radius 3 is 2.76 bits per heavy atom. The van der Waals surface area contributed by atoms with E-state index in [2.05, 4.69) is 14.7 Å². The first kappa shape index (κ1) is 13.7. The number of carbonyl (C=O) groups is 1. The molecule has 0 atom stereocenters. The van der Waals surface area contributed by atoms with Crippen molar-refractivity contribution in [2.75, 3.05) is 6.54 Å². The number of imidazole rings is 1. The van der Waals surface area contributed by atoms with E-state index in [0.717, 1.165) is 0 Å². The molecule has 0 saturated heterocycles. The van der Waals surface area contributed by atoms with Gasteiger partial charge in [0, 0.05) is 13.0 Å². The van der Waals surface area contributed by atoms with Crippen molar-refractivity contribution in [3.63, 3.8) is 0 Å². The van der Waals surface area contributed by atoms with Crippen molar-refractivity contribution in [3.05, 3.63) is 12.0 Å². The van der Waals surface area contributed by atoms with Crippen LogP contribution in [0, 0.1) is 6.92 Å². The molecule has 0 fully saturated rings. The maximum Gasteiger partial charge on any atom is 0.303 e. The fraction of sp³-hybridized carbons (Fsp3) is 0.556. The Kier molecular flexibility index (Phi) is 4.64. The van der Waals surface area contributed by atoms with Crippen molar-refractivity contribution >= 4 is 16.0 Å². The van der Waals surface area contributed by atoms with E-state index in [4.69, 9.17) is 5.11 Å². The topological polar surface area (TPSA) is 112 Å².